The fourth-order valence-electron chi connectivity index (χ4n) is 12.9. The molecule has 2 fully saturated rings. The van der Waals surface area contributed by atoms with Gasteiger partial charge in [0.1, 0.15) is 0 Å². The van der Waals surface area contributed by atoms with Crippen molar-refractivity contribution in [3.63, 3.8) is 0 Å². The van der Waals surface area contributed by atoms with Crippen LogP contribution in [0.1, 0.15) is 112 Å². The molecule has 2 nitrogen and oxygen atoms in total. The van der Waals surface area contributed by atoms with Crippen molar-refractivity contribution in [2.24, 2.45) is 0 Å². The smallest absolute Gasteiger partial charge is 0.0518 e. The van der Waals surface area contributed by atoms with Gasteiger partial charge >= 0.3 is 0 Å². The van der Waals surface area contributed by atoms with Crippen molar-refractivity contribution in [2.45, 2.75) is 121 Å². The number of hydrogen-bond donors (Lipinski definition) is 0. The second-order valence-electron chi connectivity index (χ2n) is 19.3. The third kappa shape index (κ3) is 4.71. The van der Waals surface area contributed by atoms with E-state index in [0.29, 0.717) is 0 Å². The first-order chi connectivity index (χ1) is 27.5. The van der Waals surface area contributed by atoms with Crippen LogP contribution >= 0.6 is 0 Å². The molecule has 6 aromatic carbocycles. The number of nitrogens with zero attached hydrogens (tertiary/aromatic N) is 2. The van der Waals surface area contributed by atoms with E-state index < -0.39 is 0 Å². The number of para-hydroxylation sites is 2. The Morgan fingerprint density at radius 1 is 0.421 bits per heavy atom. The molecule has 2 heterocycles. The molecule has 2 saturated carbocycles. The highest BCUT2D eigenvalue weighted by atomic mass is 15.3. The first-order valence-corrected chi connectivity index (χ1v) is 21.8. The number of aryl methyl sites for hydroxylation is 2. The van der Waals surface area contributed by atoms with Crippen LogP contribution in [0.15, 0.2) is 121 Å². The number of fused-ring (bicyclic) bond motifs is 9. The largest absolute Gasteiger partial charge is 0.334 e. The molecule has 0 N–H and O–H groups in total. The zero-order chi connectivity index (χ0) is 38.9. The van der Waals surface area contributed by atoms with Crippen molar-refractivity contribution in [3.8, 4) is 33.4 Å². The standard InChI is InChI=1S/C55H56N2/c1-36-29-40(34-48-50(36)56(44-17-9-7-10-18-44)54(5)27-15-13-25-52(48,54)3)38-21-23-46-42(31-38)33-43-32-39(22-24-47(43)46)41-30-37(2)51-49(35-41)53(4)26-14-16-28-55(53,6)57(51)45-19-11-8-12-20-45/h7-12,17-24,29-32,34-35H,13-16,25-28,33H2,1-6H3. The van der Waals surface area contributed by atoms with Gasteiger partial charge in [0.25, 0.3) is 0 Å². The molecule has 0 spiro atoms. The summed E-state index contributed by atoms with van der Waals surface area (Å²) in [6, 6.07) is 47.0. The fourth-order valence-corrected chi connectivity index (χ4v) is 12.9. The number of benzene rings is 6. The van der Waals surface area contributed by atoms with Crippen LogP contribution in [0.25, 0.3) is 33.4 Å². The van der Waals surface area contributed by atoms with Gasteiger partial charge in [-0.2, -0.15) is 0 Å². The molecule has 4 unspecified atom stereocenters. The Morgan fingerprint density at radius 2 is 0.825 bits per heavy atom. The predicted molar refractivity (Wildman–Crippen MR) is 241 cm³/mol. The van der Waals surface area contributed by atoms with Crippen LogP contribution in [0, 0.1) is 13.8 Å². The lowest BCUT2D eigenvalue weighted by atomic mass is 9.61. The first kappa shape index (κ1) is 35.1. The minimum atomic E-state index is 0.0576. The molecule has 2 heteroatoms. The molecule has 6 aromatic rings. The highest BCUT2D eigenvalue weighted by molar-refractivity contribution is 5.88. The Kier molecular flexibility index (Phi) is 7.52. The highest BCUT2D eigenvalue weighted by Crippen LogP contribution is 2.64. The van der Waals surface area contributed by atoms with Crippen molar-refractivity contribution >= 4 is 22.7 Å². The molecule has 0 aromatic heterocycles. The van der Waals surface area contributed by atoms with E-state index in [0.717, 1.165) is 6.42 Å². The van der Waals surface area contributed by atoms with E-state index in [1.165, 1.54) is 141 Å². The van der Waals surface area contributed by atoms with E-state index in [4.69, 9.17) is 0 Å². The van der Waals surface area contributed by atoms with Crippen molar-refractivity contribution in [3.05, 3.63) is 155 Å². The second kappa shape index (κ2) is 12.2. The molecule has 0 saturated heterocycles. The molecule has 2 aliphatic heterocycles. The van der Waals surface area contributed by atoms with Gasteiger partial charge in [0.05, 0.1) is 11.1 Å². The molecular formula is C55H56N2. The summed E-state index contributed by atoms with van der Waals surface area (Å²) in [4.78, 5) is 5.43. The summed E-state index contributed by atoms with van der Waals surface area (Å²) in [7, 11) is 0. The van der Waals surface area contributed by atoms with Crippen molar-refractivity contribution in [1.82, 2.24) is 0 Å². The molecule has 0 radical (unpaired) electrons. The van der Waals surface area contributed by atoms with Crippen molar-refractivity contribution in [2.75, 3.05) is 9.80 Å². The van der Waals surface area contributed by atoms with Gasteiger partial charge < -0.3 is 9.80 Å². The topological polar surface area (TPSA) is 6.48 Å². The van der Waals surface area contributed by atoms with Gasteiger partial charge in [0.2, 0.25) is 0 Å². The van der Waals surface area contributed by atoms with E-state index >= 15 is 0 Å². The average molecular weight is 745 g/mol. The van der Waals surface area contributed by atoms with E-state index in [-0.39, 0.29) is 21.9 Å². The van der Waals surface area contributed by atoms with E-state index in [1.807, 2.05) is 0 Å². The lowest BCUT2D eigenvalue weighted by molar-refractivity contribution is 0.195. The summed E-state index contributed by atoms with van der Waals surface area (Å²) < 4.78 is 0. The minimum Gasteiger partial charge on any atom is -0.334 e. The molecule has 5 aliphatic rings. The molecule has 0 amide bonds. The number of hydrogen-bond acceptors (Lipinski definition) is 2. The summed E-state index contributed by atoms with van der Waals surface area (Å²) in [5.41, 5.74) is 22.8. The van der Waals surface area contributed by atoms with Gasteiger partial charge in [0.15, 0.2) is 0 Å². The molecule has 11 rings (SSSR count). The third-order valence-corrected chi connectivity index (χ3v) is 16.4. The predicted octanol–water partition coefficient (Wildman–Crippen LogP) is 14.7. The fraction of sp³-hybridized carbons (Fsp3) is 0.345. The van der Waals surface area contributed by atoms with Gasteiger partial charge in [0, 0.05) is 33.6 Å². The van der Waals surface area contributed by atoms with Crippen LogP contribution in [0.4, 0.5) is 22.7 Å². The summed E-state index contributed by atoms with van der Waals surface area (Å²) in [6.45, 7) is 14.9. The number of anilines is 4. The highest BCUT2D eigenvalue weighted by Gasteiger charge is 2.59. The van der Waals surface area contributed by atoms with Gasteiger partial charge in [-0.1, -0.05) is 112 Å². The van der Waals surface area contributed by atoms with Crippen LogP contribution in [-0.2, 0) is 17.3 Å². The molecule has 0 bridgehead atoms. The van der Waals surface area contributed by atoms with Crippen molar-refractivity contribution < 1.29 is 0 Å². The van der Waals surface area contributed by atoms with Crippen LogP contribution in [0.2, 0.25) is 0 Å². The summed E-state index contributed by atoms with van der Waals surface area (Å²) in [5, 5.41) is 0. The lowest BCUT2D eigenvalue weighted by Crippen LogP contribution is -2.54. The van der Waals surface area contributed by atoms with E-state index in [2.05, 4.69) is 173 Å². The zero-order valence-corrected chi connectivity index (χ0v) is 34.8. The lowest BCUT2D eigenvalue weighted by Gasteiger charge is -2.50. The Morgan fingerprint density at radius 3 is 1.25 bits per heavy atom. The molecule has 57 heavy (non-hydrogen) atoms. The molecule has 3 aliphatic carbocycles. The van der Waals surface area contributed by atoms with Crippen LogP contribution in [-0.4, -0.2) is 11.1 Å². The summed E-state index contributed by atoms with van der Waals surface area (Å²) in [5.74, 6) is 0. The molecular weight excluding hydrogens is 689 g/mol. The van der Waals surface area contributed by atoms with Crippen LogP contribution in [0.5, 0.6) is 0 Å². The monoisotopic (exact) mass is 744 g/mol. The van der Waals surface area contributed by atoms with Gasteiger partial charge in [-0.25, -0.2) is 0 Å². The van der Waals surface area contributed by atoms with E-state index in [1.54, 1.807) is 0 Å². The zero-order valence-electron chi connectivity index (χ0n) is 34.8. The van der Waals surface area contributed by atoms with Crippen LogP contribution < -0.4 is 9.80 Å². The molecule has 286 valence electrons. The van der Waals surface area contributed by atoms with E-state index in [9.17, 15) is 0 Å². The van der Waals surface area contributed by atoms with Crippen LogP contribution in [0.3, 0.4) is 0 Å². The minimum absolute atomic E-state index is 0.0576. The van der Waals surface area contributed by atoms with Gasteiger partial charge in [-0.3, -0.25) is 0 Å². The van der Waals surface area contributed by atoms with Gasteiger partial charge in [-0.15, -0.1) is 0 Å². The third-order valence-electron chi connectivity index (χ3n) is 16.4. The second-order valence-corrected chi connectivity index (χ2v) is 19.3. The SMILES string of the molecule is Cc1cc(-c2ccc3c(c2)Cc2cc(-c4cc(C)c5c(c4)C4(C)CCCCC4(C)N5c4ccccc4)ccc2-3)cc2c1N(c1ccccc1)C1(C)CCCCC21C. The number of rotatable bonds is 4. The Hall–Kier alpha value is -5.08. The quantitative estimate of drug-likeness (QED) is 0.177. The Labute approximate surface area is 340 Å². The summed E-state index contributed by atoms with van der Waals surface area (Å²) >= 11 is 0. The van der Waals surface area contributed by atoms with Gasteiger partial charge in [-0.05, 0) is 175 Å². The maximum absolute atomic E-state index is 2.72. The van der Waals surface area contributed by atoms with Crippen molar-refractivity contribution in [1.29, 1.82) is 0 Å². The molecule has 4 atom stereocenters. The maximum atomic E-state index is 2.72. The Balaban J connectivity index is 0.949. The average Bonchev–Trinajstić information content (AvgIpc) is 3.77. The summed E-state index contributed by atoms with van der Waals surface area (Å²) in [6.07, 6.45) is 11.1. The maximum Gasteiger partial charge on any atom is 0.0518 e. The Bertz CT molecular complexity index is 2420. The normalized spacial score (nSPS) is 26.7. The first-order valence-electron chi connectivity index (χ1n) is 21.8.